The first-order valence-corrected chi connectivity index (χ1v) is 8.96. The predicted octanol–water partition coefficient (Wildman–Crippen LogP) is 3.57. The summed E-state index contributed by atoms with van der Waals surface area (Å²) in [7, 11) is 1.59. The molecule has 7 nitrogen and oxygen atoms in total. The molecule has 1 saturated heterocycles. The van der Waals surface area contributed by atoms with E-state index in [9.17, 15) is 9.59 Å². The molecule has 0 saturated carbocycles. The Bertz CT molecular complexity index is 901. The van der Waals surface area contributed by atoms with Crippen LogP contribution in [-0.2, 0) is 20.8 Å². The van der Waals surface area contributed by atoms with E-state index in [-0.39, 0.29) is 24.9 Å². The Hall–Kier alpha value is -3.48. The van der Waals surface area contributed by atoms with E-state index in [1.54, 1.807) is 12.0 Å². The van der Waals surface area contributed by atoms with Gasteiger partial charge in [-0.3, -0.25) is 14.6 Å². The fourth-order valence-corrected chi connectivity index (χ4v) is 3.23. The summed E-state index contributed by atoms with van der Waals surface area (Å²) >= 11 is 0. The molecule has 0 spiro atoms. The summed E-state index contributed by atoms with van der Waals surface area (Å²) in [5.41, 5.74) is 2.36. The Morgan fingerprint density at radius 2 is 1.82 bits per heavy atom. The average molecular weight is 380 g/mol. The van der Waals surface area contributed by atoms with E-state index in [1.165, 1.54) is 17.4 Å². The molecule has 2 aliphatic rings. The molecule has 7 heteroatoms. The lowest BCUT2D eigenvalue weighted by Crippen LogP contribution is -2.52. The smallest absolute Gasteiger partial charge is 0.331 e. The lowest BCUT2D eigenvalue weighted by atomic mass is 10.1. The molecule has 2 aliphatic heterocycles. The topological polar surface area (TPSA) is 68.3 Å². The number of anilines is 1. The number of rotatable bonds is 5. The number of carbonyl (C=O) groups is 2. The molecular formula is C21H20N2O5. The Labute approximate surface area is 162 Å². The van der Waals surface area contributed by atoms with E-state index in [0.29, 0.717) is 12.2 Å². The lowest BCUT2D eigenvalue weighted by Gasteiger charge is -2.34. The van der Waals surface area contributed by atoms with E-state index in [0.717, 1.165) is 16.9 Å². The number of hydrogen-bond acceptors (Lipinski definition) is 5. The van der Waals surface area contributed by atoms with Crippen molar-refractivity contribution in [3.63, 3.8) is 0 Å². The van der Waals surface area contributed by atoms with Gasteiger partial charge in [-0.1, -0.05) is 24.3 Å². The highest BCUT2D eigenvalue weighted by Crippen LogP contribution is 2.29. The van der Waals surface area contributed by atoms with Crippen molar-refractivity contribution in [1.82, 2.24) is 4.90 Å². The van der Waals surface area contributed by atoms with Gasteiger partial charge in [-0.2, -0.15) is 0 Å². The van der Waals surface area contributed by atoms with Gasteiger partial charge in [-0.05, 0) is 29.8 Å². The molecule has 2 aromatic rings. The van der Waals surface area contributed by atoms with Gasteiger partial charge in [0.25, 0.3) is 6.29 Å². The predicted molar refractivity (Wildman–Crippen MR) is 101 cm³/mol. The fraction of sp³-hybridized carbons (Fsp3) is 0.238. The molecule has 0 aromatic heterocycles. The molecule has 0 N–H and O–H groups in total. The Morgan fingerprint density at radius 3 is 2.54 bits per heavy atom. The van der Waals surface area contributed by atoms with Crippen LogP contribution in [0.3, 0.4) is 0 Å². The van der Waals surface area contributed by atoms with Gasteiger partial charge >= 0.3 is 6.03 Å². The van der Waals surface area contributed by atoms with Gasteiger partial charge in [0.15, 0.2) is 0 Å². The molecule has 0 radical (unpaired) electrons. The molecule has 2 aromatic carbocycles. The van der Waals surface area contributed by atoms with Crippen LogP contribution < -0.4 is 9.64 Å². The molecule has 0 aliphatic carbocycles. The molecule has 2 heterocycles. The van der Waals surface area contributed by atoms with Gasteiger partial charge in [0, 0.05) is 24.2 Å². The van der Waals surface area contributed by atoms with Crippen LogP contribution >= 0.6 is 0 Å². The summed E-state index contributed by atoms with van der Waals surface area (Å²) in [6, 6.07) is 14.4. The largest absolute Gasteiger partial charge is 0.497 e. The number of nitrogens with zero attached hydrogens (tertiary/aromatic N) is 2. The maximum Gasteiger partial charge on any atom is 0.331 e. The van der Waals surface area contributed by atoms with Crippen molar-refractivity contribution in [2.75, 3.05) is 18.6 Å². The minimum absolute atomic E-state index is 0.181. The zero-order valence-electron chi connectivity index (χ0n) is 15.4. The van der Waals surface area contributed by atoms with Gasteiger partial charge in [0.2, 0.25) is 5.91 Å². The summed E-state index contributed by atoms with van der Waals surface area (Å²) in [6.45, 7) is 0.557. The van der Waals surface area contributed by atoms with Gasteiger partial charge in [-0.15, -0.1) is 0 Å². The molecule has 3 amide bonds. The fourth-order valence-electron chi connectivity index (χ4n) is 3.23. The summed E-state index contributed by atoms with van der Waals surface area (Å²) in [5, 5.41) is 0. The summed E-state index contributed by atoms with van der Waals surface area (Å²) < 4.78 is 15.9. The molecule has 0 atom stereocenters. The standard InChI is InChI=1S/C21H20N2O5/c1-26-18-7-5-15(6-8-18)14-23-19(24)9-10-22(21(23)25)17-4-2-3-16(13-17)20-27-11-12-28-20/h2-8,11-13,20H,9-10,14H2,1H3. The maximum absolute atomic E-state index is 13.0. The molecule has 144 valence electrons. The molecule has 28 heavy (non-hydrogen) atoms. The second kappa shape index (κ2) is 7.64. The SMILES string of the molecule is COc1ccc(CN2C(=O)CCN(c3cccc(C4OC=CO4)c3)C2=O)cc1. The number of amides is 3. The number of benzene rings is 2. The van der Waals surface area contributed by atoms with E-state index in [2.05, 4.69) is 0 Å². The van der Waals surface area contributed by atoms with E-state index in [4.69, 9.17) is 14.2 Å². The van der Waals surface area contributed by atoms with Crippen molar-refractivity contribution >= 4 is 17.6 Å². The zero-order chi connectivity index (χ0) is 19.5. The quantitative estimate of drug-likeness (QED) is 0.793. The highest BCUT2D eigenvalue weighted by Gasteiger charge is 2.33. The Balaban J connectivity index is 1.53. The van der Waals surface area contributed by atoms with Crippen molar-refractivity contribution in [2.24, 2.45) is 0 Å². The first-order chi connectivity index (χ1) is 13.7. The van der Waals surface area contributed by atoms with Gasteiger partial charge in [0.05, 0.1) is 13.7 Å². The number of carbonyl (C=O) groups excluding carboxylic acids is 2. The molecule has 4 rings (SSSR count). The van der Waals surface area contributed by atoms with Crippen LogP contribution in [0.2, 0.25) is 0 Å². The van der Waals surface area contributed by atoms with Crippen LogP contribution in [0.1, 0.15) is 23.8 Å². The van der Waals surface area contributed by atoms with Gasteiger partial charge in [0.1, 0.15) is 18.3 Å². The molecule has 0 unspecified atom stereocenters. The van der Waals surface area contributed by atoms with Crippen molar-refractivity contribution in [1.29, 1.82) is 0 Å². The van der Waals surface area contributed by atoms with Crippen molar-refractivity contribution < 1.29 is 23.8 Å². The van der Waals surface area contributed by atoms with Crippen LogP contribution in [0, 0.1) is 0 Å². The van der Waals surface area contributed by atoms with Gasteiger partial charge < -0.3 is 14.2 Å². The molecule has 0 bridgehead atoms. The minimum atomic E-state index is -0.517. The highest BCUT2D eigenvalue weighted by molar-refractivity contribution is 6.05. The maximum atomic E-state index is 13.0. The first kappa shape index (κ1) is 17.9. The second-order valence-electron chi connectivity index (χ2n) is 6.48. The van der Waals surface area contributed by atoms with Crippen LogP contribution in [0.5, 0.6) is 5.75 Å². The molecule has 1 fully saturated rings. The van der Waals surface area contributed by atoms with Crippen molar-refractivity contribution in [3.8, 4) is 5.75 Å². The monoisotopic (exact) mass is 380 g/mol. The third-order valence-corrected chi connectivity index (χ3v) is 4.73. The number of methoxy groups -OCH3 is 1. The van der Waals surface area contributed by atoms with Gasteiger partial charge in [-0.25, -0.2) is 4.79 Å². The van der Waals surface area contributed by atoms with Crippen LogP contribution in [0.15, 0.2) is 61.1 Å². The number of ether oxygens (including phenoxy) is 3. The van der Waals surface area contributed by atoms with E-state index < -0.39 is 6.29 Å². The van der Waals surface area contributed by atoms with E-state index in [1.807, 2.05) is 48.5 Å². The van der Waals surface area contributed by atoms with E-state index >= 15 is 0 Å². The van der Waals surface area contributed by atoms with Crippen LogP contribution in [0.4, 0.5) is 10.5 Å². The summed E-state index contributed by atoms with van der Waals surface area (Å²) in [6.07, 6.45) is 2.72. The molecular weight excluding hydrogens is 360 g/mol. The van der Waals surface area contributed by atoms with Crippen LogP contribution in [0.25, 0.3) is 0 Å². The summed E-state index contributed by atoms with van der Waals surface area (Å²) in [5.74, 6) is 0.546. The summed E-state index contributed by atoms with van der Waals surface area (Å²) in [4.78, 5) is 28.3. The van der Waals surface area contributed by atoms with Crippen LogP contribution in [-0.4, -0.2) is 30.5 Å². The normalized spacial score (nSPS) is 16.9. The highest BCUT2D eigenvalue weighted by atomic mass is 16.7. The number of urea groups is 1. The number of imide groups is 1. The Morgan fingerprint density at radius 1 is 1.07 bits per heavy atom. The third-order valence-electron chi connectivity index (χ3n) is 4.73. The average Bonchev–Trinajstić information content (AvgIpc) is 3.27. The Kier molecular flexibility index (Phi) is 4.89. The zero-order valence-corrected chi connectivity index (χ0v) is 15.4. The lowest BCUT2D eigenvalue weighted by molar-refractivity contribution is -0.129. The third kappa shape index (κ3) is 3.51. The minimum Gasteiger partial charge on any atom is -0.497 e. The second-order valence-corrected chi connectivity index (χ2v) is 6.48. The van der Waals surface area contributed by atoms with Crippen molar-refractivity contribution in [3.05, 3.63) is 72.2 Å². The van der Waals surface area contributed by atoms with Crippen molar-refractivity contribution in [2.45, 2.75) is 19.3 Å². The number of hydrogen-bond donors (Lipinski definition) is 0. The first-order valence-electron chi connectivity index (χ1n) is 8.96.